The molecule has 0 spiro atoms. The molecule has 0 aromatic heterocycles. The van der Waals surface area contributed by atoms with E-state index in [0.29, 0.717) is 5.56 Å². The molecule has 1 unspecified atom stereocenters. The summed E-state index contributed by atoms with van der Waals surface area (Å²) in [6.45, 7) is 0.219. The molecule has 7 nitrogen and oxygen atoms in total. The van der Waals surface area contributed by atoms with Gasteiger partial charge >= 0.3 is 0 Å². The van der Waals surface area contributed by atoms with E-state index in [4.69, 9.17) is 4.74 Å². The van der Waals surface area contributed by atoms with Crippen LogP contribution in [0.5, 0.6) is 34.5 Å². The highest BCUT2D eigenvalue weighted by atomic mass is 16.6. The highest BCUT2D eigenvalue weighted by Crippen LogP contribution is 2.61. The summed E-state index contributed by atoms with van der Waals surface area (Å²) in [4.78, 5) is 0. The third kappa shape index (κ3) is 3.46. The van der Waals surface area contributed by atoms with E-state index in [2.05, 4.69) is 30.3 Å². The predicted molar refractivity (Wildman–Crippen MR) is 166 cm³/mol. The van der Waals surface area contributed by atoms with Gasteiger partial charge in [-0.25, -0.2) is 0 Å². The maximum absolute atomic E-state index is 11.6. The van der Waals surface area contributed by atoms with Gasteiger partial charge < -0.3 is 35.4 Å². The summed E-state index contributed by atoms with van der Waals surface area (Å²) in [7, 11) is 0. The first-order chi connectivity index (χ1) is 20.9. The molecule has 0 saturated carbocycles. The van der Waals surface area contributed by atoms with E-state index in [0.717, 1.165) is 43.4 Å². The maximum Gasteiger partial charge on any atom is 0.201 e. The van der Waals surface area contributed by atoms with Crippen molar-refractivity contribution in [3.05, 3.63) is 96.6 Å². The Hall–Kier alpha value is -5.66. The van der Waals surface area contributed by atoms with Gasteiger partial charge in [0.25, 0.3) is 0 Å². The third-order valence-electron chi connectivity index (χ3n) is 8.51. The number of ether oxygens (including phenoxy) is 1. The first-order valence-corrected chi connectivity index (χ1v) is 13.8. The number of phenolic OH excluding ortho intramolecular Hbond substituents is 6. The van der Waals surface area contributed by atoms with E-state index >= 15 is 0 Å². The standard InChI is InChI=1S/C36H24O7/c37-31-27(24-16-43-24)28-29(32(38)36(42)34(40)30(28)33(39)35(31)41)26-22-11-5-3-9-20(22)25(21-10-4-6-12-23(21)26)19-14-13-17-7-1-2-8-18(17)15-19/h1-15,24,37-42H,16H2. The van der Waals surface area contributed by atoms with Gasteiger partial charge in [0.2, 0.25) is 11.5 Å². The third-order valence-corrected chi connectivity index (χ3v) is 8.51. The molecule has 6 N–H and O–H groups in total. The molecule has 210 valence electrons. The lowest BCUT2D eigenvalue weighted by Crippen LogP contribution is -1.96. The van der Waals surface area contributed by atoms with E-state index in [1.54, 1.807) is 0 Å². The fourth-order valence-electron chi connectivity index (χ4n) is 6.51. The smallest absolute Gasteiger partial charge is 0.201 e. The second-order valence-corrected chi connectivity index (χ2v) is 10.9. The van der Waals surface area contributed by atoms with Crippen LogP contribution in [0.15, 0.2) is 91.0 Å². The van der Waals surface area contributed by atoms with Crippen molar-refractivity contribution in [2.24, 2.45) is 0 Å². The SMILES string of the molecule is Oc1c(O)c(-c2c3ccccc3c(-c3ccc4ccccc4c3)c3ccccc23)c2c(C3CO3)c(O)c(O)c(O)c2c1O. The molecule has 7 aromatic carbocycles. The lowest BCUT2D eigenvalue weighted by molar-refractivity contribution is 0.355. The largest absolute Gasteiger partial charge is 0.504 e. The van der Waals surface area contributed by atoms with E-state index in [9.17, 15) is 30.6 Å². The van der Waals surface area contributed by atoms with Crippen LogP contribution in [-0.4, -0.2) is 37.2 Å². The zero-order valence-electron chi connectivity index (χ0n) is 22.5. The van der Waals surface area contributed by atoms with Gasteiger partial charge in [0.15, 0.2) is 23.0 Å². The summed E-state index contributed by atoms with van der Waals surface area (Å²) in [5, 5.41) is 71.1. The molecule has 1 fully saturated rings. The zero-order valence-corrected chi connectivity index (χ0v) is 22.5. The monoisotopic (exact) mass is 568 g/mol. The average molecular weight is 569 g/mol. The molecule has 8 rings (SSSR count). The second-order valence-electron chi connectivity index (χ2n) is 10.9. The highest BCUT2D eigenvalue weighted by molar-refractivity contribution is 6.26. The van der Waals surface area contributed by atoms with Crippen LogP contribution in [0.3, 0.4) is 0 Å². The van der Waals surface area contributed by atoms with Crippen LogP contribution >= 0.6 is 0 Å². The number of phenols is 6. The summed E-state index contributed by atoms with van der Waals surface area (Å²) < 4.78 is 5.49. The van der Waals surface area contributed by atoms with Gasteiger partial charge in [-0.15, -0.1) is 0 Å². The number of epoxide rings is 1. The summed E-state index contributed by atoms with van der Waals surface area (Å²) in [6, 6.07) is 29.8. The molecular weight excluding hydrogens is 544 g/mol. The molecule has 7 aromatic rings. The Kier molecular flexibility index (Phi) is 5.20. The molecule has 0 amide bonds. The van der Waals surface area contributed by atoms with Crippen molar-refractivity contribution in [2.75, 3.05) is 6.61 Å². The van der Waals surface area contributed by atoms with Crippen molar-refractivity contribution in [1.29, 1.82) is 0 Å². The Balaban J connectivity index is 1.60. The predicted octanol–water partition coefficient (Wildman–Crippen LogP) is 7.94. The van der Waals surface area contributed by atoms with Crippen LogP contribution in [0.2, 0.25) is 0 Å². The van der Waals surface area contributed by atoms with Crippen LogP contribution in [0.25, 0.3) is 65.3 Å². The number of fused-ring (bicyclic) bond motifs is 4. The van der Waals surface area contributed by atoms with Crippen molar-refractivity contribution in [2.45, 2.75) is 6.10 Å². The van der Waals surface area contributed by atoms with Crippen LogP contribution < -0.4 is 0 Å². The van der Waals surface area contributed by atoms with E-state index in [1.165, 1.54) is 0 Å². The molecule has 1 saturated heterocycles. The molecule has 0 bridgehead atoms. The minimum absolute atomic E-state index is 0.0665. The minimum atomic E-state index is -0.864. The van der Waals surface area contributed by atoms with E-state index in [-0.39, 0.29) is 28.5 Å². The Morgan fingerprint density at radius 2 is 0.977 bits per heavy atom. The quantitative estimate of drug-likeness (QED) is 0.0724. The molecule has 0 aliphatic carbocycles. The van der Waals surface area contributed by atoms with Gasteiger partial charge in [0, 0.05) is 22.1 Å². The molecule has 7 heteroatoms. The van der Waals surface area contributed by atoms with Crippen molar-refractivity contribution >= 4 is 43.1 Å². The van der Waals surface area contributed by atoms with Gasteiger partial charge in [0.1, 0.15) is 6.10 Å². The van der Waals surface area contributed by atoms with Crippen LogP contribution in [0, 0.1) is 0 Å². The normalized spacial score (nSPS) is 14.7. The van der Waals surface area contributed by atoms with Gasteiger partial charge in [-0.2, -0.15) is 0 Å². The molecule has 1 aliphatic heterocycles. The topological polar surface area (TPSA) is 134 Å². The van der Waals surface area contributed by atoms with Crippen molar-refractivity contribution < 1.29 is 35.4 Å². The molecule has 1 atom stereocenters. The minimum Gasteiger partial charge on any atom is -0.504 e. The van der Waals surface area contributed by atoms with Crippen LogP contribution in [-0.2, 0) is 4.74 Å². The lowest BCUT2D eigenvalue weighted by Gasteiger charge is -2.22. The molecule has 1 aliphatic rings. The highest BCUT2D eigenvalue weighted by Gasteiger charge is 2.37. The Morgan fingerprint density at radius 1 is 0.465 bits per heavy atom. The molecule has 1 heterocycles. The average Bonchev–Trinajstić information content (AvgIpc) is 3.87. The van der Waals surface area contributed by atoms with Crippen LogP contribution in [0.4, 0.5) is 0 Å². The first kappa shape index (κ1) is 25.1. The van der Waals surface area contributed by atoms with Crippen LogP contribution in [0.1, 0.15) is 11.7 Å². The summed E-state index contributed by atoms with van der Waals surface area (Å²) in [6.07, 6.45) is -0.662. The van der Waals surface area contributed by atoms with E-state index < -0.39 is 40.6 Å². The lowest BCUT2D eigenvalue weighted by atomic mass is 9.82. The fraction of sp³-hybridized carbons (Fsp3) is 0.0556. The number of hydrogen-bond donors (Lipinski definition) is 6. The summed E-state index contributed by atoms with van der Waals surface area (Å²) in [5.41, 5.74) is 2.66. The number of rotatable bonds is 3. The van der Waals surface area contributed by atoms with Gasteiger partial charge in [-0.1, -0.05) is 84.9 Å². The molecule has 0 radical (unpaired) electrons. The summed E-state index contributed by atoms with van der Waals surface area (Å²) >= 11 is 0. The number of benzene rings is 7. The van der Waals surface area contributed by atoms with Crippen molar-refractivity contribution in [3.8, 4) is 56.8 Å². The van der Waals surface area contributed by atoms with Crippen molar-refractivity contribution in [3.63, 3.8) is 0 Å². The number of hydrogen-bond acceptors (Lipinski definition) is 7. The Morgan fingerprint density at radius 3 is 1.56 bits per heavy atom. The van der Waals surface area contributed by atoms with Gasteiger partial charge in [0.05, 0.1) is 12.0 Å². The summed E-state index contributed by atoms with van der Waals surface area (Å²) in [5.74, 6) is -4.63. The number of aromatic hydroxyl groups is 6. The molecule has 43 heavy (non-hydrogen) atoms. The second kappa shape index (κ2) is 8.92. The Labute approximate surface area is 244 Å². The Bertz CT molecular complexity index is 2250. The van der Waals surface area contributed by atoms with Gasteiger partial charge in [-0.05, 0) is 49.5 Å². The maximum atomic E-state index is 11.6. The zero-order chi connectivity index (χ0) is 29.6. The first-order valence-electron chi connectivity index (χ1n) is 13.8. The fourth-order valence-corrected chi connectivity index (χ4v) is 6.51. The van der Waals surface area contributed by atoms with E-state index in [1.807, 2.05) is 60.7 Å². The van der Waals surface area contributed by atoms with Gasteiger partial charge in [-0.3, -0.25) is 0 Å². The molecular formula is C36H24O7. The van der Waals surface area contributed by atoms with Crippen molar-refractivity contribution in [1.82, 2.24) is 0 Å².